The molecule has 1 N–H and O–H groups in total. The van der Waals surface area contributed by atoms with Gasteiger partial charge >= 0.3 is 0 Å². The molecule has 0 fully saturated rings. The standard InChI is InChI=1S/C12H18N2O/c1-8(2)12(15)10-5-6-13-11(7-10)14-9(3)4/h5-9H,1-4H3,(H,13,14). The molecule has 0 saturated carbocycles. The monoisotopic (exact) mass is 206 g/mol. The summed E-state index contributed by atoms with van der Waals surface area (Å²) in [6.45, 7) is 7.88. The van der Waals surface area contributed by atoms with E-state index in [2.05, 4.69) is 10.3 Å². The maximum atomic E-state index is 11.7. The molecule has 0 aliphatic heterocycles. The predicted molar refractivity (Wildman–Crippen MR) is 62.2 cm³/mol. The van der Waals surface area contributed by atoms with Crippen molar-refractivity contribution in [1.29, 1.82) is 0 Å². The molecule has 0 spiro atoms. The first-order valence-electron chi connectivity index (χ1n) is 5.27. The lowest BCUT2D eigenvalue weighted by atomic mass is 10.0. The zero-order chi connectivity index (χ0) is 11.4. The number of hydrogen-bond acceptors (Lipinski definition) is 3. The van der Waals surface area contributed by atoms with Gasteiger partial charge in [0, 0.05) is 23.7 Å². The number of carbonyl (C=O) groups excluding carboxylic acids is 1. The molecule has 0 unspecified atom stereocenters. The molecule has 3 nitrogen and oxygen atoms in total. The third kappa shape index (κ3) is 3.35. The molecule has 1 rings (SSSR count). The van der Waals surface area contributed by atoms with Crippen LogP contribution in [0.5, 0.6) is 0 Å². The second kappa shape index (κ2) is 4.91. The van der Waals surface area contributed by atoms with Crippen LogP contribution in [0.4, 0.5) is 5.82 Å². The van der Waals surface area contributed by atoms with Crippen molar-refractivity contribution < 1.29 is 4.79 Å². The first kappa shape index (κ1) is 11.7. The van der Waals surface area contributed by atoms with E-state index in [-0.39, 0.29) is 11.7 Å². The molecular weight excluding hydrogens is 188 g/mol. The summed E-state index contributed by atoms with van der Waals surface area (Å²) in [6, 6.07) is 3.89. The minimum absolute atomic E-state index is 0.0271. The van der Waals surface area contributed by atoms with E-state index in [4.69, 9.17) is 0 Å². The highest BCUT2D eigenvalue weighted by Gasteiger charge is 2.11. The number of hydrogen-bond donors (Lipinski definition) is 1. The van der Waals surface area contributed by atoms with E-state index in [1.807, 2.05) is 33.8 Å². The Hall–Kier alpha value is -1.38. The van der Waals surface area contributed by atoms with E-state index >= 15 is 0 Å². The van der Waals surface area contributed by atoms with Crippen LogP contribution < -0.4 is 5.32 Å². The summed E-state index contributed by atoms with van der Waals surface area (Å²) in [7, 11) is 0. The van der Waals surface area contributed by atoms with Gasteiger partial charge in [-0.2, -0.15) is 0 Å². The van der Waals surface area contributed by atoms with E-state index in [9.17, 15) is 4.79 Å². The molecule has 0 saturated heterocycles. The topological polar surface area (TPSA) is 42.0 Å². The Kier molecular flexibility index (Phi) is 3.83. The lowest BCUT2D eigenvalue weighted by Gasteiger charge is -2.10. The highest BCUT2D eigenvalue weighted by molar-refractivity contribution is 5.97. The lowest BCUT2D eigenvalue weighted by Crippen LogP contribution is -2.13. The molecule has 0 atom stereocenters. The van der Waals surface area contributed by atoms with E-state index in [1.165, 1.54) is 0 Å². The number of ketones is 1. The summed E-state index contributed by atoms with van der Waals surface area (Å²) in [4.78, 5) is 15.9. The van der Waals surface area contributed by atoms with Gasteiger partial charge in [-0.15, -0.1) is 0 Å². The fourth-order valence-electron chi connectivity index (χ4n) is 1.29. The quantitative estimate of drug-likeness (QED) is 0.770. The van der Waals surface area contributed by atoms with Crippen molar-refractivity contribution in [1.82, 2.24) is 4.98 Å². The minimum Gasteiger partial charge on any atom is -0.368 e. The fraction of sp³-hybridized carbons (Fsp3) is 0.500. The van der Waals surface area contributed by atoms with Crippen LogP contribution in [0.25, 0.3) is 0 Å². The molecule has 1 aromatic rings. The first-order chi connectivity index (χ1) is 7.00. The van der Waals surface area contributed by atoms with Gasteiger partial charge in [0.1, 0.15) is 5.82 Å². The zero-order valence-corrected chi connectivity index (χ0v) is 9.74. The van der Waals surface area contributed by atoms with Crippen molar-refractivity contribution >= 4 is 11.6 Å². The third-order valence-electron chi connectivity index (χ3n) is 2.01. The van der Waals surface area contributed by atoms with Gasteiger partial charge in [-0.05, 0) is 26.0 Å². The maximum absolute atomic E-state index is 11.7. The van der Waals surface area contributed by atoms with Crippen molar-refractivity contribution in [3.63, 3.8) is 0 Å². The zero-order valence-electron chi connectivity index (χ0n) is 9.74. The van der Waals surface area contributed by atoms with Crippen LogP contribution in [0.2, 0.25) is 0 Å². The highest BCUT2D eigenvalue weighted by atomic mass is 16.1. The SMILES string of the molecule is CC(C)Nc1cc(C(=O)C(C)C)ccn1. The normalized spacial score (nSPS) is 10.8. The Morgan fingerprint density at radius 2 is 2.00 bits per heavy atom. The number of aromatic nitrogens is 1. The molecule has 0 aromatic carbocycles. The summed E-state index contributed by atoms with van der Waals surface area (Å²) in [6.07, 6.45) is 1.67. The van der Waals surface area contributed by atoms with E-state index < -0.39 is 0 Å². The molecule has 1 aromatic heterocycles. The van der Waals surface area contributed by atoms with Crippen LogP contribution in [0.3, 0.4) is 0 Å². The number of nitrogens with zero attached hydrogens (tertiary/aromatic N) is 1. The van der Waals surface area contributed by atoms with Gasteiger partial charge in [-0.1, -0.05) is 13.8 Å². The maximum Gasteiger partial charge on any atom is 0.165 e. The Morgan fingerprint density at radius 3 is 2.53 bits per heavy atom. The van der Waals surface area contributed by atoms with Crippen molar-refractivity contribution in [2.75, 3.05) is 5.32 Å². The van der Waals surface area contributed by atoms with Gasteiger partial charge in [-0.3, -0.25) is 4.79 Å². The van der Waals surface area contributed by atoms with Crippen LogP contribution in [0.15, 0.2) is 18.3 Å². The summed E-state index contributed by atoms with van der Waals surface area (Å²) in [5, 5.41) is 3.18. The van der Waals surface area contributed by atoms with Crippen molar-refractivity contribution in [2.45, 2.75) is 33.7 Å². The van der Waals surface area contributed by atoms with Crippen molar-refractivity contribution in [3.8, 4) is 0 Å². The lowest BCUT2D eigenvalue weighted by molar-refractivity contribution is 0.0939. The predicted octanol–water partition coefficient (Wildman–Crippen LogP) is 2.74. The molecule has 0 aliphatic rings. The first-order valence-corrected chi connectivity index (χ1v) is 5.27. The van der Waals surface area contributed by atoms with E-state index in [0.29, 0.717) is 6.04 Å². The number of carbonyl (C=O) groups is 1. The van der Waals surface area contributed by atoms with Gasteiger partial charge in [-0.25, -0.2) is 4.98 Å². The van der Waals surface area contributed by atoms with Crippen LogP contribution in [0.1, 0.15) is 38.1 Å². The van der Waals surface area contributed by atoms with Gasteiger partial charge in [0.05, 0.1) is 0 Å². The Balaban J connectivity index is 2.87. The summed E-state index contributed by atoms with van der Waals surface area (Å²) in [5.41, 5.74) is 0.725. The molecule has 0 radical (unpaired) electrons. The minimum atomic E-state index is 0.0271. The fourth-order valence-corrected chi connectivity index (χ4v) is 1.29. The highest BCUT2D eigenvalue weighted by Crippen LogP contribution is 2.12. The van der Waals surface area contributed by atoms with E-state index in [0.717, 1.165) is 11.4 Å². The molecule has 0 amide bonds. The molecule has 1 heterocycles. The van der Waals surface area contributed by atoms with Gasteiger partial charge < -0.3 is 5.32 Å². The second-order valence-electron chi connectivity index (χ2n) is 4.25. The number of Topliss-reactive ketones (excluding diaryl/α,β-unsaturated/α-hetero) is 1. The van der Waals surface area contributed by atoms with Crippen LogP contribution in [-0.2, 0) is 0 Å². The molecule has 0 bridgehead atoms. The van der Waals surface area contributed by atoms with Crippen molar-refractivity contribution in [3.05, 3.63) is 23.9 Å². The van der Waals surface area contributed by atoms with Gasteiger partial charge in [0.2, 0.25) is 0 Å². The Labute approximate surface area is 90.9 Å². The van der Waals surface area contributed by atoms with Crippen LogP contribution in [-0.4, -0.2) is 16.8 Å². The summed E-state index contributed by atoms with van der Waals surface area (Å²) in [5.74, 6) is 0.944. The molecule has 0 aliphatic carbocycles. The third-order valence-corrected chi connectivity index (χ3v) is 2.01. The second-order valence-corrected chi connectivity index (χ2v) is 4.25. The molecule has 82 valence electrons. The number of nitrogens with one attached hydrogen (secondary N) is 1. The smallest absolute Gasteiger partial charge is 0.165 e. The number of rotatable bonds is 4. The van der Waals surface area contributed by atoms with Gasteiger partial charge in [0.25, 0.3) is 0 Å². The summed E-state index contributed by atoms with van der Waals surface area (Å²) < 4.78 is 0. The average molecular weight is 206 g/mol. The Bertz CT molecular complexity index is 345. The number of anilines is 1. The van der Waals surface area contributed by atoms with Crippen LogP contribution in [0, 0.1) is 5.92 Å². The van der Waals surface area contributed by atoms with Gasteiger partial charge in [0.15, 0.2) is 5.78 Å². The average Bonchev–Trinajstić information content (AvgIpc) is 2.16. The van der Waals surface area contributed by atoms with Crippen LogP contribution >= 0.6 is 0 Å². The Morgan fingerprint density at radius 1 is 1.33 bits per heavy atom. The molecule has 3 heteroatoms. The van der Waals surface area contributed by atoms with Crippen molar-refractivity contribution in [2.24, 2.45) is 5.92 Å². The summed E-state index contributed by atoms with van der Waals surface area (Å²) >= 11 is 0. The molecular formula is C12H18N2O. The molecule has 15 heavy (non-hydrogen) atoms. The number of pyridine rings is 1. The van der Waals surface area contributed by atoms with E-state index in [1.54, 1.807) is 12.3 Å². The largest absolute Gasteiger partial charge is 0.368 e.